The lowest BCUT2D eigenvalue weighted by molar-refractivity contribution is -0.190. The summed E-state index contributed by atoms with van der Waals surface area (Å²) in [5.41, 5.74) is 5.29. The molecule has 4 N–H and O–H groups in total. The lowest BCUT2D eigenvalue weighted by atomic mass is 10.1. The van der Waals surface area contributed by atoms with Crippen LogP contribution in [0.2, 0.25) is 0 Å². The maximum absolute atomic E-state index is 9.27. The van der Waals surface area contributed by atoms with Crippen molar-refractivity contribution in [2.45, 2.75) is 18.5 Å². The number of aliphatic hydroxyl groups is 2. The molecule has 0 unspecified atom stereocenters. The van der Waals surface area contributed by atoms with E-state index in [-0.39, 0.29) is 6.54 Å². The van der Waals surface area contributed by atoms with Crippen LogP contribution in [0.25, 0.3) is 0 Å². The summed E-state index contributed by atoms with van der Waals surface area (Å²) in [6.45, 7) is 0.184. The van der Waals surface area contributed by atoms with Crippen LogP contribution in [0.4, 0.5) is 0 Å². The Morgan fingerprint density at radius 3 is 2.83 bits per heavy atom. The Hall–Kier alpha value is -0.620. The van der Waals surface area contributed by atoms with Gasteiger partial charge in [0, 0.05) is 7.11 Å². The number of hydrogen-bond acceptors (Lipinski definition) is 5. The Morgan fingerprint density at radius 1 is 1.67 bits per heavy atom. The summed E-state index contributed by atoms with van der Waals surface area (Å²) >= 11 is 0. The van der Waals surface area contributed by atoms with Crippen LogP contribution in [0.1, 0.15) is 0 Å². The molecule has 1 heterocycles. The van der Waals surface area contributed by atoms with E-state index in [1.807, 2.05) is 0 Å². The lowest BCUT2D eigenvalue weighted by Gasteiger charge is -2.30. The van der Waals surface area contributed by atoms with E-state index in [9.17, 15) is 10.2 Å². The summed E-state index contributed by atoms with van der Waals surface area (Å²) < 4.78 is 9.85. The first-order valence-corrected chi connectivity index (χ1v) is 3.65. The molecular formula is C7H13NO4. The van der Waals surface area contributed by atoms with Crippen LogP contribution in [-0.4, -0.2) is 42.4 Å². The van der Waals surface area contributed by atoms with Crippen molar-refractivity contribution in [3.8, 4) is 0 Å². The number of methoxy groups -OCH3 is 1. The number of nitrogens with two attached hydrogens (primary N) is 1. The quantitative estimate of drug-likeness (QED) is 0.478. The monoisotopic (exact) mass is 175 g/mol. The molecule has 12 heavy (non-hydrogen) atoms. The van der Waals surface area contributed by atoms with Crippen molar-refractivity contribution >= 4 is 0 Å². The second kappa shape index (κ2) is 3.86. The van der Waals surface area contributed by atoms with Gasteiger partial charge in [-0.05, 0) is 6.08 Å². The van der Waals surface area contributed by atoms with E-state index in [0.29, 0.717) is 5.76 Å². The smallest absolute Gasteiger partial charge is 0.228 e. The molecule has 0 saturated heterocycles. The minimum absolute atomic E-state index is 0.184. The number of rotatable bonds is 2. The third kappa shape index (κ3) is 1.75. The second-order valence-electron chi connectivity index (χ2n) is 2.54. The van der Waals surface area contributed by atoms with E-state index >= 15 is 0 Å². The molecule has 0 spiro atoms. The lowest BCUT2D eigenvalue weighted by Crippen LogP contribution is -2.43. The third-order valence-electron chi connectivity index (χ3n) is 1.69. The highest BCUT2D eigenvalue weighted by atomic mass is 16.7. The van der Waals surface area contributed by atoms with Crippen LogP contribution < -0.4 is 5.73 Å². The molecule has 0 aliphatic carbocycles. The minimum Gasteiger partial charge on any atom is -0.465 e. The van der Waals surface area contributed by atoms with Crippen LogP contribution in [0, 0.1) is 0 Å². The largest absolute Gasteiger partial charge is 0.465 e. The highest BCUT2D eigenvalue weighted by Crippen LogP contribution is 2.17. The van der Waals surface area contributed by atoms with Crippen molar-refractivity contribution in [2.75, 3.05) is 13.7 Å². The molecule has 0 aromatic carbocycles. The molecule has 0 aromatic heterocycles. The summed E-state index contributed by atoms with van der Waals surface area (Å²) in [6, 6.07) is 0. The topological polar surface area (TPSA) is 84.9 Å². The third-order valence-corrected chi connectivity index (χ3v) is 1.69. The summed E-state index contributed by atoms with van der Waals surface area (Å²) in [7, 11) is 1.39. The first-order chi connectivity index (χ1) is 5.69. The minimum atomic E-state index is -1.05. The van der Waals surface area contributed by atoms with Gasteiger partial charge in [-0.1, -0.05) is 0 Å². The molecule has 0 bridgehead atoms. The molecule has 1 aliphatic heterocycles. The van der Waals surface area contributed by atoms with Crippen LogP contribution in [0.3, 0.4) is 0 Å². The Bertz CT molecular complexity index is 182. The average molecular weight is 175 g/mol. The Balaban J connectivity index is 2.68. The van der Waals surface area contributed by atoms with Gasteiger partial charge in [-0.2, -0.15) is 0 Å². The van der Waals surface area contributed by atoms with Gasteiger partial charge in [-0.3, -0.25) is 0 Å². The Kier molecular flexibility index (Phi) is 3.05. The maximum Gasteiger partial charge on any atom is 0.228 e. The van der Waals surface area contributed by atoms with Gasteiger partial charge in [0.15, 0.2) is 0 Å². The van der Waals surface area contributed by atoms with Crippen molar-refractivity contribution in [3.63, 3.8) is 0 Å². The molecule has 0 radical (unpaired) electrons. The fourth-order valence-corrected chi connectivity index (χ4v) is 1.01. The summed E-state index contributed by atoms with van der Waals surface area (Å²) in [5, 5.41) is 18.5. The van der Waals surface area contributed by atoms with Crippen molar-refractivity contribution in [2.24, 2.45) is 5.73 Å². The van der Waals surface area contributed by atoms with E-state index in [2.05, 4.69) is 0 Å². The standard InChI is InChI=1S/C7H13NO4/c1-11-7-6(10)5(9)2-4(3-8)12-7/h2,5-7,9-10H,3,8H2,1H3/t5-,6-,7-/m0/s1. The van der Waals surface area contributed by atoms with Gasteiger partial charge in [-0.15, -0.1) is 0 Å². The van der Waals surface area contributed by atoms with Crippen molar-refractivity contribution in [1.29, 1.82) is 0 Å². The normalized spacial score (nSPS) is 35.7. The van der Waals surface area contributed by atoms with Gasteiger partial charge in [0.1, 0.15) is 18.0 Å². The summed E-state index contributed by atoms with van der Waals surface area (Å²) in [4.78, 5) is 0. The molecule has 0 saturated carbocycles. The average Bonchev–Trinajstić information content (AvgIpc) is 2.09. The number of hydrogen-bond donors (Lipinski definition) is 3. The van der Waals surface area contributed by atoms with Gasteiger partial charge in [-0.25, -0.2) is 0 Å². The first-order valence-electron chi connectivity index (χ1n) is 3.65. The molecule has 1 rings (SSSR count). The highest BCUT2D eigenvalue weighted by molar-refractivity contribution is 5.05. The van der Waals surface area contributed by atoms with Crippen LogP contribution in [0.5, 0.6) is 0 Å². The fraction of sp³-hybridized carbons (Fsp3) is 0.714. The maximum atomic E-state index is 9.27. The summed E-state index contributed by atoms with van der Waals surface area (Å²) in [5.74, 6) is 0.430. The van der Waals surface area contributed by atoms with Gasteiger partial charge in [0.2, 0.25) is 6.29 Å². The predicted octanol–water partition coefficient (Wildman–Crippen LogP) is -1.45. The van der Waals surface area contributed by atoms with E-state index in [4.69, 9.17) is 15.2 Å². The van der Waals surface area contributed by atoms with Crippen LogP contribution in [-0.2, 0) is 9.47 Å². The zero-order valence-corrected chi connectivity index (χ0v) is 6.80. The molecule has 0 aromatic rings. The van der Waals surface area contributed by atoms with Gasteiger partial charge >= 0.3 is 0 Å². The van der Waals surface area contributed by atoms with Crippen LogP contribution in [0.15, 0.2) is 11.8 Å². The predicted molar refractivity (Wildman–Crippen MR) is 41.0 cm³/mol. The first kappa shape index (κ1) is 9.47. The molecule has 0 amide bonds. The highest BCUT2D eigenvalue weighted by Gasteiger charge is 2.31. The second-order valence-corrected chi connectivity index (χ2v) is 2.54. The zero-order valence-electron chi connectivity index (χ0n) is 6.80. The Labute approximate surface area is 70.4 Å². The van der Waals surface area contributed by atoms with Crippen molar-refractivity contribution in [1.82, 2.24) is 0 Å². The number of aliphatic hydroxyl groups excluding tert-OH is 2. The SMILES string of the molecule is CO[C@H]1OC(CN)=C[C@H](O)[C@@H]1O. The van der Waals surface area contributed by atoms with Crippen molar-refractivity contribution < 1.29 is 19.7 Å². The van der Waals surface area contributed by atoms with E-state index < -0.39 is 18.5 Å². The van der Waals surface area contributed by atoms with Gasteiger partial charge < -0.3 is 25.4 Å². The molecule has 5 nitrogen and oxygen atoms in total. The molecule has 70 valence electrons. The molecule has 0 fully saturated rings. The number of ether oxygens (including phenoxy) is 2. The van der Waals surface area contributed by atoms with E-state index in [1.54, 1.807) is 0 Å². The fourth-order valence-electron chi connectivity index (χ4n) is 1.01. The van der Waals surface area contributed by atoms with E-state index in [0.717, 1.165) is 0 Å². The van der Waals surface area contributed by atoms with Crippen molar-refractivity contribution in [3.05, 3.63) is 11.8 Å². The van der Waals surface area contributed by atoms with Crippen LogP contribution >= 0.6 is 0 Å². The molecule has 5 heteroatoms. The molecular weight excluding hydrogens is 162 g/mol. The van der Waals surface area contributed by atoms with Gasteiger partial charge in [0.25, 0.3) is 0 Å². The van der Waals surface area contributed by atoms with E-state index in [1.165, 1.54) is 13.2 Å². The summed E-state index contributed by atoms with van der Waals surface area (Å²) in [6.07, 6.45) is -1.48. The zero-order chi connectivity index (χ0) is 9.14. The Morgan fingerprint density at radius 2 is 2.33 bits per heavy atom. The van der Waals surface area contributed by atoms with Gasteiger partial charge in [0.05, 0.1) is 6.54 Å². The molecule has 1 aliphatic rings. The molecule has 3 atom stereocenters.